The highest BCUT2D eigenvalue weighted by Crippen LogP contribution is 2.22. The summed E-state index contributed by atoms with van der Waals surface area (Å²) < 4.78 is 15.4. The first-order chi connectivity index (χ1) is 9.69. The van der Waals surface area contributed by atoms with Crippen molar-refractivity contribution >= 4 is 28.5 Å². The maximum Gasteiger partial charge on any atom is 0.186 e. The highest BCUT2D eigenvalue weighted by molar-refractivity contribution is 6.31. The predicted molar refractivity (Wildman–Crippen MR) is 75.4 cm³/mol. The highest BCUT2D eigenvalue weighted by atomic mass is 35.5. The van der Waals surface area contributed by atoms with Crippen LogP contribution in [0.25, 0.3) is 11.0 Å². The SMILES string of the molecule is CNc1ncnc2nn(Cc3c(F)cccc3Cl)cc12. The Morgan fingerprint density at radius 1 is 1.35 bits per heavy atom. The summed E-state index contributed by atoms with van der Waals surface area (Å²) >= 11 is 6.02. The van der Waals surface area contributed by atoms with Crippen molar-refractivity contribution in [2.24, 2.45) is 0 Å². The van der Waals surface area contributed by atoms with E-state index in [0.29, 0.717) is 22.1 Å². The van der Waals surface area contributed by atoms with Crippen molar-refractivity contribution in [2.45, 2.75) is 6.54 Å². The van der Waals surface area contributed by atoms with Gasteiger partial charge in [0, 0.05) is 23.8 Å². The molecule has 20 heavy (non-hydrogen) atoms. The minimum Gasteiger partial charge on any atom is -0.372 e. The Bertz CT molecular complexity index is 750. The van der Waals surface area contributed by atoms with Gasteiger partial charge in [-0.25, -0.2) is 14.4 Å². The van der Waals surface area contributed by atoms with Crippen LogP contribution in [0.15, 0.2) is 30.7 Å². The zero-order valence-corrected chi connectivity index (χ0v) is 11.4. The second kappa shape index (κ2) is 5.05. The molecule has 1 N–H and O–H groups in total. The average Bonchev–Trinajstić information content (AvgIpc) is 2.85. The summed E-state index contributed by atoms with van der Waals surface area (Å²) in [7, 11) is 1.77. The zero-order chi connectivity index (χ0) is 14.1. The number of hydrogen-bond acceptors (Lipinski definition) is 4. The van der Waals surface area contributed by atoms with Crippen molar-refractivity contribution < 1.29 is 4.39 Å². The van der Waals surface area contributed by atoms with Gasteiger partial charge in [-0.1, -0.05) is 17.7 Å². The van der Waals surface area contributed by atoms with Crippen LogP contribution in [0.1, 0.15) is 5.56 Å². The summed E-state index contributed by atoms with van der Waals surface area (Å²) in [5.41, 5.74) is 0.956. The van der Waals surface area contributed by atoms with Crippen molar-refractivity contribution in [2.75, 3.05) is 12.4 Å². The third-order valence-corrected chi connectivity index (χ3v) is 3.34. The first-order valence-electron chi connectivity index (χ1n) is 5.98. The minimum atomic E-state index is -0.350. The van der Waals surface area contributed by atoms with E-state index >= 15 is 0 Å². The lowest BCUT2D eigenvalue weighted by Crippen LogP contribution is -2.03. The fourth-order valence-corrected chi connectivity index (χ4v) is 2.23. The van der Waals surface area contributed by atoms with Crippen LogP contribution < -0.4 is 5.32 Å². The van der Waals surface area contributed by atoms with Gasteiger partial charge >= 0.3 is 0 Å². The van der Waals surface area contributed by atoms with Gasteiger partial charge in [-0.2, -0.15) is 5.10 Å². The van der Waals surface area contributed by atoms with Gasteiger partial charge in [0.15, 0.2) is 5.65 Å². The van der Waals surface area contributed by atoms with Crippen LogP contribution in [0, 0.1) is 5.82 Å². The van der Waals surface area contributed by atoms with E-state index in [2.05, 4.69) is 20.4 Å². The Morgan fingerprint density at radius 3 is 2.95 bits per heavy atom. The van der Waals surface area contributed by atoms with Crippen molar-refractivity contribution in [1.82, 2.24) is 19.7 Å². The van der Waals surface area contributed by atoms with Crippen LogP contribution >= 0.6 is 11.6 Å². The second-order valence-electron chi connectivity index (χ2n) is 4.24. The number of hydrogen-bond donors (Lipinski definition) is 1. The second-order valence-corrected chi connectivity index (χ2v) is 4.64. The van der Waals surface area contributed by atoms with Crippen molar-refractivity contribution in [3.8, 4) is 0 Å². The molecular formula is C13H11ClFN5. The molecule has 0 aliphatic carbocycles. The minimum absolute atomic E-state index is 0.241. The summed E-state index contributed by atoms with van der Waals surface area (Å²) in [6, 6.07) is 4.61. The molecule has 0 amide bonds. The normalized spacial score (nSPS) is 10.9. The Morgan fingerprint density at radius 2 is 2.20 bits per heavy atom. The molecule has 2 heterocycles. The molecule has 1 aromatic carbocycles. The number of anilines is 1. The molecular weight excluding hydrogens is 281 g/mol. The topological polar surface area (TPSA) is 55.6 Å². The first kappa shape index (κ1) is 12.8. The quantitative estimate of drug-likeness (QED) is 0.806. The fourth-order valence-electron chi connectivity index (χ4n) is 2.01. The molecule has 0 bridgehead atoms. The lowest BCUT2D eigenvalue weighted by atomic mass is 10.2. The largest absolute Gasteiger partial charge is 0.372 e. The fraction of sp³-hybridized carbons (Fsp3) is 0.154. The average molecular weight is 292 g/mol. The van der Waals surface area contributed by atoms with E-state index in [1.54, 1.807) is 30.1 Å². The molecule has 0 aliphatic heterocycles. The van der Waals surface area contributed by atoms with Gasteiger partial charge in [-0.3, -0.25) is 4.68 Å². The van der Waals surface area contributed by atoms with E-state index in [4.69, 9.17) is 11.6 Å². The van der Waals surface area contributed by atoms with Gasteiger partial charge in [0.1, 0.15) is 18.0 Å². The zero-order valence-electron chi connectivity index (χ0n) is 10.6. The molecule has 0 unspecified atom stereocenters. The first-order valence-corrected chi connectivity index (χ1v) is 6.35. The van der Waals surface area contributed by atoms with E-state index in [1.807, 2.05) is 0 Å². The molecule has 2 aromatic heterocycles. The summed E-state index contributed by atoms with van der Waals surface area (Å²) in [4.78, 5) is 8.19. The van der Waals surface area contributed by atoms with Crippen LogP contribution in [-0.4, -0.2) is 26.8 Å². The summed E-state index contributed by atoms with van der Waals surface area (Å²) in [5.74, 6) is 0.331. The maximum atomic E-state index is 13.8. The summed E-state index contributed by atoms with van der Waals surface area (Å²) in [5, 5.41) is 8.42. The van der Waals surface area contributed by atoms with Gasteiger partial charge in [-0.05, 0) is 12.1 Å². The number of nitrogens with one attached hydrogen (secondary N) is 1. The predicted octanol–water partition coefficient (Wildman–Crippen LogP) is 2.71. The van der Waals surface area contributed by atoms with Crippen LogP contribution in [0.5, 0.6) is 0 Å². The number of rotatable bonds is 3. The van der Waals surface area contributed by atoms with Crippen LogP contribution in [0.4, 0.5) is 10.2 Å². The number of benzene rings is 1. The highest BCUT2D eigenvalue weighted by Gasteiger charge is 2.11. The Labute approximate surface area is 119 Å². The molecule has 0 atom stereocenters. The maximum absolute atomic E-state index is 13.8. The van der Waals surface area contributed by atoms with E-state index in [-0.39, 0.29) is 12.4 Å². The lowest BCUT2D eigenvalue weighted by Gasteiger charge is -2.05. The van der Waals surface area contributed by atoms with Crippen LogP contribution in [-0.2, 0) is 6.54 Å². The van der Waals surface area contributed by atoms with Gasteiger partial charge in [0.25, 0.3) is 0 Å². The molecule has 0 saturated heterocycles. The summed E-state index contributed by atoms with van der Waals surface area (Å²) in [6.45, 7) is 0.241. The lowest BCUT2D eigenvalue weighted by molar-refractivity contribution is 0.586. The molecule has 3 rings (SSSR count). The molecule has 0 aliphatic rings. The summed E-state index contributed by atoms with van der Waals surface area (Å²) in [6.07, 6.45) is 3.20. The molecule has 5 nitrogen and oxygen atoms in total. The van der Waals surface area contributed by atoms with Crippen molar-refractivity contribution in [3.63, 3.8) is 0 Å². The van der Waals surface area contributed by atoms with Crippen LogP contribution in [0.2, 0.25) is 5.02 Å². The molecule has 0 radical (unpaired) electrons. The van der Waals surface area contributed by atoms with Crippen LogP contribution in [0.3, 0.4) is 0 Å². The Balaban J connectivity index is 2.03. The number of nitrogens with zero attached hydrogens (tertiary/aromatic N) is 4. The number of fused-ring (bicyclic) bond motifs is 1. The third-order valence-electron chi connectivity index (χ3n) is 2.98. The van der Waals surface area contributed by atoms with Gasteiger partial charge < -0.3 is 5.32 Å². The monoisotopic (exact) mass is 291 g/mol. The molecule has 0 saturated carbocycles. The molecule has 0 spiro atoms. The van der Waals surface area contributed by atoms with Gasteiger partial charge in [0.2, 0.25) is 0 Å². The van der Waals surface area contributed by atoms with E-state index in [0.717, 1.165) is 5.39 Å². The van der Waals surface area contributed by atoms with Crippen molar-refractivity contribution in [1.29, 1.82) is 0 Å². The number of halogens is 2. The van der Waals surface area contributed by atoms with E-state index < -0.39 is 0 Å². The smallest absolute Gasteiger partial charge is 0.186 e. The van der Waals surface area contributed by atoms with E-state index in [1.165, 1.54) is 12.4 Å². The number of aromatic nitrogens is 4. The Hall–Kier alpha value is -2.21. The van der Waals surface area contributed by atoms with E-state index in [9.17, 15) is 4.39 Å². The molecule has 102 valence electrons. The van der Waals surface area contributed by atoms with Crippen molar-refractivity contribution in [3.05, 3.63) is 47.1 Å². The van der Waals surface area contributed by atoms with Gasteiger partial charge in [0.05, 0.1) is 11.9 Å². The standard InChI is InChI=1S/C13H11ClFN5/c1-16-12-9-6-20(19-13(9)18-7-17-12)5-8-10(14)3-2-4-11(8)15/h2-4,6-7H,5H2,1H3,(H,16,17,18,19). The molecule has 3 aromatic rings. The van der Waals surface area contributed by atoms with Gasteiger partial charge in [-0.15, -0.1) is 0 Å². The Kier molecular flexibility index (Phi) is 3.23. The third kappa shape index (κ3) is 2.18. The molecule has 0 fully saturated rings. The molecule has 7 heteroatoms.